The molecule has 2 N–H and O–H groups in total. The number of amides is 2. The Bertz CT molecular complexity index is 1370. The molecule has 10 heteroatoms. The molecule has 33 heavy (non-hydrogen) atoms. The Balaban J connectivity index is 1.60. The number of nitro groups is 1. The van der Waals surface area contributed by atoms with E-state index in [1.165, 1.54) is 35.0 Å². The van der Waals surface area contributed by atoms with Crippen LogP contribution in [0.2, 0.25) is 0 Å². The van der Waals surface area contributed by atoms with Gasteiger partial charge in [0.05, 0.1) is 10.5 Å². The van der Waals surface area contributed by atoms with E-state index in [4.69, 9.17) is 4.42 Å². The van der Waals surface area contributed by atoms with E-state index in [1.807, 2.05) is 44.2 Å². The Morgan fingerprint density at radius 1 is 1.06 bits per heavy atom. The van der Waals surface area contributed by atoms with Gasteiger partial charge in [0, 0.05) is 19.2 Å². The molecular formula is C23H21N5O5. The molecule has 168 valence electrons. The third-order valence-electron chi connectivity index (χ3n) is 5.25. The molecule has 4 rings (SSSR count). The Labute approximate surface area is 188 Å². The van der Waals surface area contributed by atoms with E-state index in [0.29, 0.717) is 5.52 Å². The summed E-state index contributed by atoms with van der Waals surface area (Å²) in [6.07, 6.45) is 0. The van der Waals surface area contributed by atoms with Gasteiger partial charge < -0.3 is 15.1 Å². The van der Waals surface area contributed by atoms with Crippen molar-refractivity contribution in [3.63, 3.8) is 0 Å². The summed E-state index contributed by atoms with van der Waals surface area (Å²) in [6, 6.07) is 16.6. The lowest BCUT2D eigenvalue weighted by Crippen LogP contribution is -2.40. The van der Waals surface area contributed by atoms with E-state index >= 15 is 0 Å². The zero-order chi connectivity index (χ0) is 23.8. The van der Waals surface area contributed by atoms with Gasteiger partial charge in [-0.3, -0.25) is 24.4 Å². The van der Waals surface area contributed by atoms with Gasteiger partial charge in [-0.25, -0.2) is 0 Å². The van der Waals surface area contributed by atoms with Crippen LogP contribution in [-0.2, 0) is 12.6 Å². The summed E-state index contributed by atoms with van der Waals surface area (Å²) in [4.78, 5) is 36.2. The first kappa shape index (κ1) is 21.8. The van der Waals surface area contributed by atoms with Crippen molar-refractivity contribution in [3.05, 3.63) is 87.7 Å². The zero-order valence-electron chi connectivity index (χ0n) is 18.2. The molecule has 0 radical (unpaired) electrons. The van der Waals surface area contributed by atoms with Crippen molar-refractivity contribution in [2.75, 3.05) is 5.32 Å². The summed E-state index contributed by atoms with van der Waals surface area (Å²) >= 11 is 0. The number of carbonyl (C=O) groups excluding carboxylic acids is 2. The summed E-state index contributed by atoms with van der Waals surface area (Å²) in [5, 5.41) is 20.9. The summed E-state index contributed by atoms with van der Waals surface area (Å²) in [5.41, 5.74) is 0.496. The van der Waals surface area contributed by atoms with Crippen LogP contribution < -0.4 is 10.6 Å². The van der Waals surface area contributed by atoms with E-state index in [9.17, 15) is 19.7 Å². The van der Waals surface area contributed by atoms with Crippen LogP contribution >= 0.6 is 0 Å². The SMILES string of the molecule is Cn1nc(NC(=O)c2ccccc2[N+](=O)[O-])c2oc(C(=O)NC(C)(C)c3ccccc3)cc21. The number of nitrogens with one attached hydrogen (secondary N) is 2. The molecule has 10 nitrogen and oxygen atoms in total. The second-order valence-electron chi connectivity index (χ2n) is 7.97. The maximum atomic E-state index is 12.9. The summed E-state index contributed by atoms with van der Waals surface area (Å²) in [6.45, 7) is 3.76. The predicted molar refractivity (Wildman–Crippen MR) is 121 cm³/mol. The first-order valence-corrected chi connectivity index (χ1v) is 10.1. The van der Waals surface area contributed by atoms with Crippen LogP contribution in [0.25, 0.3) is 11.1 Å². The van der Waals surface area contributed by atoms with Crippen LogP contribution in [0.5, 0.6) is 0 Å². The molecule has 2 aromatic heterocycles. The van der Waals surface area contributed by atoms with Gasteiger partial charge in [0.15, 0.2) is 17.2 Å². The number of hydrogen-bond donors (Lipinski definition) is 2. The van der Waals surface area contributed by atoms with Gasteiger partial charge in [-0.05, 0) is 25.5 Å². The van der Waals surface area contributed by atoms with E-state index in [-0.39, 0.29) is 28.4 Å². The molecule has 2 aromatic carbocycles. The molecule has 2 amide bonds. The minimum Gasteiger partial charge on any atom is -0.445 e. The number of anilines is 1. The zero-order valence-corrected chi connectivity index (χ0v) is 18.2. The van der Waals surface area contributed by atoms with E-state index < -0.39 is 22.3 Å². The number of aromatic nitrogens is 2. The Hall–Kier alpha value is -4.47. The van der Waals surface area contributed by atoms with Crippen molar-refractivity contribution in [2.45, 2.75) is 19.4 Å². The lowest BCUT2D eigenvalue weighted by Gasteiger charge is -2.26. The fourth-order valence-electron chi connectivity index (χ4n) is 3.51. The third kappa shape index (κ3) is 4.18. The Morgan fingerprint density at radius 3 is 2.42 bits per heavy atom. The van der Waals surface area contributed by atoms with Gasteiger partial charge in [-0.2, -0.15) is 5.10 Å². The molecule has 0 atom stereocenters. The number of benzene rings is 2. The molecule has 4 aromatic rings. The van der Waals surface area contributed by atoms with Crippen LogP contribution in [0.3, 0.4) is 0 Å². The molecule has 0 saturated carbocycles. The normalized spacial score (nSPS) is 11.4. The minimum atomic E-state index is -0.713. The van der Waals surface area contributed by atoms with Gasteiger partial charge in [-0.15, -0.1) is 0 Å². The van der Waals surface area contributed by atoms with Crippen LogP contribution in [-0.4, -0.2) is 26.5 Å². The van der Waals surface area contributed by atoms with Gasteiger partial charge in [-0.1, -0.05) is 42.5 Å². The highest BCUT2D eigenvalue weighted by molar-refractivity contribution is 6.09. The standard InChI is InChI=1S/C23H21N5O5/c1-23(2,14-9-5-4-6-10-14)25-22(30)18-13-17-19(33-18)20(26-27(17)3)24-21(29)15-11-7-8-12-16(15)28(31)32/h4-13H,1-3H3,(H,25,30)(H,24,26,29). The number of furan rings is 1. The van der Waals surface area contributed by atoms with Crippen LogP contribution in [0.1, 0.15) is 40.3 Å². The predicted octanol–water partition coefficient (Wildman–Crippen LogP) is 3.99. The topological polar surface area (TPSA) is 132 Å². The lowest BCUT2D eigenvalue weighted by atomic mass is 9.94. The summed E-state index contributed by atoms with van der Waals surface area (Å²) in [7, 11) is 1.63. The van der Waals surface area contributed by atoms with Gasteiger partial charge in [0.2, 0.25) is 0 Å². The molecule has 0 unspecified atom stereocenters. The van der Waals surface area contributed by atoms with Crippen LogP contribution in [0, 0.1) is 10.1 Å². The van der Waals surface area contributed by atoms with Crippen molar-refractivity contribution < 1.29 is 18.9 Å². The number of para-hydroxylation sites is 1. The van der Waals surface area contributed by atoms with Crippen molar-refractivity contribution >= 4 is 34.4 Å². The highest BCUT2D eigenvalue weighted by Crippen LogP contribution is 2.28. The molecule has 0 bridgehead atoms. The van der Waals surface area contributed by atoms with Gasteiger partial charge in [0.1, 0.15) is 11.1 Å². The summed E-state index contributed by atoms with van der Waals surface area (Å²) < 4.78 is 7.19. The monoisotopic (exact) mass is 447 g/mol. The highest BCUT2D eigenvalue weighted by Gasteiger charge is 2.27. The van der Waals surface area contributed by atoms with Crippen molar-refractivity contribution in [2.24, 2.45) is 7.05 Å². The van der Waals surface area contributed by atoms with Crippen molar-refractivity contribution in [3.8, 4) is 0 Å². The fraction of sp³-hybridized carbons (Fsp3) is 0.174. The number of nitrogens with zero attached hydrogens (tertiary/aromatic N) is 3. The number of nitro benzene ring substituents is 1. The third-order valence-corrected chi connectivity index (χ3v) is 5.25. The first-order chi connectivity index (χ1) is 15.7. The van der Waals surface area contributed by atoms with E-state index in [2.05, 4.69) is 15.7 Å². The second-order valence-corrected chi connectivity index (χ2v) is 7.97. The molecule has 0 aliphatic carbocycles. The molecule has 0 fully saturated rings. The molecule has 0 aliphatic heterocycles. The number of aryl methyl sites for hydroxylation is 1. The largest absolute Gasteiger partial charge is 0.445 e. The van der Waals surface area contributed by atoms with Gasteiger partial charge in [0.25, 0.3) is 17.5 Å². The van der Waals surface area contributed by atoms with E-state index in [1.54, 1.807) is 7.05 Å². The smallest absolute Gasteiger partial charge is 0.287 e. The molecular weight excluding hydrogens is 426 g/mol. The fourth-order valence-corrected chi connectivity index (χ4v) is 3.51. The molecule has 0 spiro atoms. The quantitative estimate of drug-likeness (QED) is 0.339. The minimum absolute atomic E-state index is 0.0446. The first-order valence-electron chi connectivity index (χ1n) is 10.1. The lowest BCUT2D eigenvalue weighted by molar-refractivity contribution is -0.385. The van der Waals surface area contributed by atoms with Crippen molar-refractivity contribution in [1.82, 2.24) is 15.1 Å². The second kappa shape index (κ2) is 8.23. The Morgan fingerprint density at radius 2 is 1.73 bits per heavy atom. The number of rotatable bonds is 6. The number of hydrogen-bond acceptors (Lipinski definition) is 6. The number of carbonyl (C=O) groups is 2. The maximum Gasteiger partial charge on any atom is 0.287 e. The number of fused-ring (bicyclic) bond motifs is 1. The molecule has 2 heterocycles. The van der Waals surface area contributed by atoms with Crippen LogP contribution in [0.4, 0.5) is 11.5 Å². The Kier molecular flexibility index (Phi) is 5.42. The molecule has 0 aliphatic rings. The highest BCUT2D eigenvalue weighted by atomic mass is 16.6. The van der Waals surface area contributed by atoms with Gasteiger partial charge >= 0.3 is 0 Å². The summed E-state index contributed by atoms with van der Waals surface area (Å²) in [5.74, 6) is -1.05. The van der Waals surface area contributed by atoms with E-state index in [0.717, 1.165) is 5.56 Å². The average Bonchev–Trinajstić information content (AvgIpc) is 3.35. The average molecular weight is 447 g/mol. The molecule has 0 saturated heterocycles. The van der Waals surface area contributed by atoms with Crippen molar-refractivity contribution in [1.29, 1.82) is 0 Å². The van der Waals surface area contributed by atoms with Crippen LogP contribution in [0.15, 0.2) is 65.1 Å². The maximum absolute atomic E-state index is 12.9.